The first-order valence-electron chi connectivity index (χ1n) is 10.8. The number of aromatic nitrogens is 3. The number of piperidine rings is 1. The fourth-order valence-electron chi connectivity index (χ4n) is 4.85. The molecule has 1 aromatic carbocycles. The van der Waals surface area contributed by atoms with Gasteiger partial charge in [-0.25, -0.2) is 4.98 Å². The first-order valence-corrected chi connectivity index (χ1v) is 10.8. The van der Waals surface area contributed by atoms with E-state index in [4.69, 9.17) is 19.6 Å². The zero-order valence-corrected chi connectivity index (χ0v) is 18.9. The predicted octanol–water partition coefficient (Wildman–Crippen LogP) is 4.77. The summed E-state index contributed by atoms with van der Waals surface area (Å²) in [5.41, 5.74) is 5.13. The zero-order chi connectivity index (χ0) is 21.4. The average molecular weight is 409 g/mol. The van der Waals surface area contributed by atoms with E-state index in [2.05, 4.69) is 38.7 Å². The number of ether oxygens (including phenoxy) is 2. The maximum atomic E-state index is 5.49. The van der Waals surface area contributed by atoms with Gasteiger partial charge in [0.2, 0.25) is 0 Å². The minimum absolute atomic E-state index is 0.669. The highest BCUT2D eigenvalue weighted by Gasteiger charge is 2.27. The van der Waals surface area contributed by atoms with Crippen molar-refractivity contribution in [3.8, 4) is 22.8 Å². The Morgan fingerprint density at radius 2 is 1.73 bits per heavy atom. The molecule has 0 amide bonds. The molecule has 0 aliphatic carbocycles. The molecule has 2 atom stereocenters. The quantitative estimate of drug-likeness (QED) is 0.609. The minimum Gasteiger partial charge on any atom is -0.493 e. The summed E-state index contributed by atoms with van der Waals surface area (Å²) in [5, 5.41) is 5.00. The highest BCUT2D eigenvalue weighted by Crippen LogP contribution is 2.35. The van der Waals surface area contributed by atoms with Gasteiger partial charge in [0.25, 0.3) is 0 Å². The van der Waals surface area contributed by atoms with Crippen molar-refractivity contribution in [3.63, 3.8) is 0 Å². The molecular weight excluding hydrogens is 376 g/mol. The second-order valence-electron chi connectivity index (χ2n) is 8.57. The maximum absolute atomic E-state index is 5.49. The minimum atomic E-state index is 0.669. The number of rotatable bonds is 5. The monoisotopic (exact) mass is 408 g/mol. The molecule has 4 rings (SSSR count). The first kappa shape index (κ1) is 20.5. The third-order valence-corrected chi connectivity index (χ3v) is 6.08. The number of nitrogens with zero attached hydrogens (tertiary/aromatic N) is 4. The van der Waals surface area contributed by atoms with Crippen molar-refractivity contribution in [1.29, 1.82) is 0 Å². The Bertz CT molecular complexity index is 1050. The van der Waals surface area contributed by atoms with Gasteiger partial charge in [0.1, 0.15) is 5.82 Å². The summed E-state index contributed by atoms with van der Waals surface area (Å²) in [6.45, 7) is 11.1. The smallest absolute Gasteiger partial charge is 0.161 e. The van der Waals surface area contributed by atoms with Crippen LogP contribution in [0.15, 0.2) is 24.3 Å². The summed E-state index contributed by atoms with van der Waals surface area (Å²) in [5.74, 6) is 3.95. The van der Waals surface area contributed by atoms with E-state index in [1.54, 1.807) is 14.2 Å². The van der Waals surface area contributed by atoms with Gasteiger partial charge in [-0.2, -0.15) is 9.61 Å². The molecule has 3 aromatic rings. The van der Waals surface area contributed by atoms with Gasteiger partial charge in [0.05, 0.1) is 19.9 Å². The van der Waals surface area contributed by atoms with E-state index in [1.807, 2.05) is 22.7 Å². The maximum Gasteiger partial charge on any atom is 0.161 e. The zero-order valence-electron chi connectivity index (χ0n) is 18.9. The van der Waals surface area contributed by atoms with Crippen molar-refractivity contribution >= 4 is 11.5 Å². The first-order chi connectivity index (χ1) is 14.4. The Labute approximate surface area is 178 Å². The van der Waals surface area contributed by atoms with Crippen LogP contribution < -0.4 is 14.4 Å². The van der Waals surface area contributed by atoms with Crippen molar-refractivity contribution in [1.82, 2.24) is 14.6 Å². The molecule has 30 heavy (non-hydrogen) atoms. The van der Waals surface area contributed by atoms with Gasteiger partial charge in [-0.05, 0) is 49.8 Å². The Morgan fingerprint density at radius 3 is 2.37 bits per heavy atom. The summed E-state index contributed by atoms with van der Waals surface area (Å²) in [7, 11) is 3.30. The Balaban J connectivity index is 1.87. The molecule has 1 fully saturated rings. The van der Waals surface area contributed by atoms with Crippen molar-refractivity contribution in [2.24, 2.45) is 11.8 Å². The molecule has 0 radical (unpaired) electrons. The fraction of sp³-hybridized carbons (Fsp3) is 0.500. The normalized spacial score (nSPS) is 19.3. The van der Waals surface area contributed by atoms with Gasteiger partial charge in [-0.15, -0.1) is 0 Å². The van der Waals surface area contributed by atoms with Crippen LogP contribution >= 0.6 is 0 Å². The molecule has 1 aliphatic rings. The average Bonchev–Trinajstić information content (AvgIpc) is 3.14. The summed E-state index contributed by atoms with van der Waals surface area (Å²) in [4.78, 5) is 7.40. The van der Waals surface area contributed by atoms with Crippen LogP contribution in [0.1, 0.15) is 38.4 Å². The molecule has 6 heteroatoms. The second-order valence-corrected chi connectivity index (χ2v) is 8.57. The molecule has 3 heterocycles. The van der Waals surface area contributed by atoms with Crippen LogP contribution in [0, 0.1) is 18.8 Å². The van der Waals surface area contributed by atoms with Crippen molar-refractivity contribution in [2.75, 3.05) is 32.2 Å². The third-order valence-electron chi connectivity index (χ3n) is 6.08. The fourth-order valence-corrected chi connectivity index (χ4v) is 4.85. The topological polar surface area (TPSA) is 51.9 Å². The van der Waals surface area contributed by atoms with E-state index < -0.39 is 0 Å². The SMILES string of the molecule is CCc1c(C)nc2cc(-c3ccc(OC)c(OC)c3)nn2c1N1CC(C)CC(C)C1. The predicted molar refractivity (Wildman–Crippen MR) is 121 cm³/mol. The summed E-state index contributed by atoms with van der Waals surface area (Å²) in [6, 6.07) is 7.97. The van der Waals surface area contributed by atoms with Crippen LogP contribution in [0.3, 0.4) is 0 Å². The molecule has 1 aliphatic heterocycles. The lowest BCUT2D eigenvalue weighted by Gasteiger charge is -2.37. The van der Waals surface area contributed by atoms with Crippen molar-refractivity contribution in [3.05, 3.63) is 35.5 Å². The van der Waals surface area contributed by atoms with Gasteiger partial charge in [0, 0.05) is 36.0 Å². The highest BCUT2D eigenvalue weighted by atomic mass is 16.5. The number of fused-ring (bicyclic) bond motifs is 1. The van der Waals surface area contributed by atoms with E-state index in [0.717, 1.165) is 42.1 Å². The van der Waals surface area contributed by atoms with Gasteiger partial charge in [-0.1, -0.05) is 20.8 Å². The molecule has 0 N–H and O–H groups in total. The lowest BCUT2D eigenvalue weighted by Crippen LogP contribution is -2.40. The van der Waals surface area contributed by atoms with Crippen LogP contribution in [0.5, 0.6) is 11.5 Å². The van der Waals surface area contributed by atoms with Gasteiger partial charge in [-0.3, -0.25) is 0 Å². The van der Waals surface area contributed by atoms with E-state index in [1.165, 1.54) is 17.8 Å². The van der Waals surface area contributed by atoms with E-state index >= 15 is 0 Å². The van der Waals surface area contributed by atoms with Crippen LogP contribution in [0.4, 0.5) is 5.82 Å². The van der Waals surface area contributed by atoms with Crippen molar-refractivity contribution < 1.29 is 9.47 Å². The van der Waals surface area contributed by atoms with Crippen LogP contribution in [0.25, 0.3) is 16.9 Å². The number of hydrogen-bond acceptors (Lipinski definition) is 5. The molecule has 160 valence electrons. The number of hydrogen-bond donors (Lipinski definition) is 0. The highest BCUT2D eigenvalue weighted by molar-refractivity contribution is 5.69. The summed E-state index contributed by atoms with van der Waals surface area (Å²) >= 11 is 0. The molecule has 6 nitrogen and oxygen atoms in total. The van der Waals surface area contributed by atoms with Crippen molar-refractivity contribution in [2.45, 2.75) is 40.5 Å². The molecular formula is C24H32N4O2. The molecule has 1 saturated heterocycles. The molecule has 0 saturated carbocycles. The number of methoxy groups -OCH3 is 2. The van der Waals surface area contributed by atoms with Gasteiger partial charge < -0.3 is 14.4 Å². The Hall–Kier alpha value is -2.76. The lowest BCUT2D eigenvalue weighted by atomic mass is 9.91. The standard InChI is InChI=1S/C24H32N4O2/c1-7-19-17(4)25-23-12-20(18-8-9-21(29-5)22(11-18)30-6)26-28(23)24(19)27-13-15(2)10-16(3)14-27/h8-9,11-12,15-16H,7,10,13-14H2,1-6H3. The second kappa shape index (κ2) is 8.17. The third kappa shape index (κ3) is 3.59. The van der Waals surface area contributed by atoms with Gasteiger partial charge >= 0.3 is 0 Å². The van der Waals surface area contributed by atoms with E-state index in [-0.39, 0.29) is 0 Å². The number of anilines is 1. The van der Waals surface area contributed by atoms with Gasteiger partial charge in [0.15, 0.2) is 17.1 Å². The Morgan fingerprint density at radius 1 is 1.03 bits per heavy atom. The summed E-state index contributed by atoms with van der Waals surface area (Å²) < 4.78 is 12.9. The van der Waals surface area contributed by atoms with Crippen LogP contribution in [0.2, 0.25) is 0 Å². The molecule has 0 spiro atoms. The molecule has 2 unspecified atom stereocenters. The summed E-state index contributed by atoms with van der Waals surface area (Å²) in [6.07, 6.45) is 2.22. The van der Waals surface area contributed by atoms with Crippen LogP contribution in [-0.2, 0) is 6.42 Å². The number of benzene rings is 1. The van der Waals surface area contributed by atoms with E-state index in [9.17, 15) is 0 Å². The van der Waals surface area contributed by atoms with E-state index in [0.29, 0.717) is 23.3 Å². The molecule has 0 bridgehead atoms. The Kier molecular flexibility index (Phi) is 5.58. The number of aryl methyl sites for hydroxylation is 1. The lowest BCUT2D eigenvalue weighted by molar-refractivity contribution is 0.353. The molecule has 2 aromatic heterocycles. The largest absolute Gasteiger partial charge is 0.493 e. The van der Waals surface area contributed by atoms with Crippen LogP contribution in [-0.4, -0.2) is 41.9 Å².